The van der Waals surface area contributed by atoms with Crippen molar-refractivity contribution in [3.63, 3.8) is 0 Å². The van der Waals surface area contributed by atoms with Crippen molar-refractivity contribution < 1.29 is 27.1 Å². The van der Waals surface area contributed by atoms with Crippen molar-refractivity contribution in [1.82, 2.24) is 19.8 Å². The molecule has 1 saturated carbocycles. The van der Waals surface area contributed by atoms with Crippen molar-refractivity contribution in [2.45, 2.75) is 64.3 Å². The van der Waals surface area contributed by atoms with E-state index in [0.29, 0.717) is 36.8 Å². The van der Waals surface area contributed by atoms with Gasteiger partial charge >= 0.3 is 12.2 Å². The van der Waals surface area contributed by atoms with E-state index in [1.54, 1.807) is 6.07 Å². The topological polar surface area (TPSA) is 88.8 Å². The lowest BCUT2D eigenvalue weighted by Crippen LogP contribution is -2.56. The molecule has 0 N–H and O–H groups in total. The first-order valence-electron chi connectivity index (χ1n) is 15.1. The number of anilines is 2. The highest BCUT2D eigenvalue weighted by Crippen LogP contribution is 2.46. The lowest BCUT2D eigenvalue weighted by molar-refractivity contribution is -0.138. The van der Waals surface area contributed by atoms with Crippen LogP contribution in [0.15, 0.2) is 30.6 Å². The molecule has 2 aromatic rings. The molecule has 0 radical (unpaired) electrons. The molecule has 1 saturated heterocycles. The Morgan fingerprint density at radius 3 is 2.60 bits per heavy atom. The number of nitriles is 1. The van der Waals surface area contributed by atoms with Crippen molar-refractivity contribution in [2.75, 3.05) is 56.7 Å². The van der Waals surface area contributed by atoms with Crippen LogP contribution < -0.4 is 14.5 Å². The molecule has 3 heterocycles. The minimum Gasteiger partial charge on any atom is -0.463 e. The summed E-state index contributed by atoms with van der Waals surface area (Å²) in [6.45, 7) is 8.85. The van der Waals surface area contributed by atoms with Crippen molar-refractivity contribution in [2.24, 2.45) is 5.41 Å². The average molecular weight is 630 g/mol. The van der Waals surface area contributed by atoms with Crippen LogP contribution in [-0.4, -0.2) is 84.6 Å². The first-order chi connectivity index (χ1) is 21.2. The molecule has 0 spiro atoms. The van der Waals surface area contributed by atoms with E-state index < -0.39 is 29.5 Å². The highest BCUT2D eigenvalue weighted by atomic mass is 19.4. The molecule has 45 heavy (non-hydrogen) atoms. The zero-order valence-corrected chi connectivity index (χ0v) is 26.1. The maximum atomic E-state index is 13.8. The van der Waals surface area contributed by atoms with Crippen LogP contribution in [0.4, 0.5) is 29.1 Å². The zero-order valence-electron chi connectivity index (χ0n) is 26.1. The Hall–Kier alpha value is -3.92. The molecule has 242 valence electrons. The van der Waals surface area contributed by atoms with Gasteiger partial charge in [0, 0.05) is 48.9 Å². The smallest absolute Gasteiger partial charge is 0.416 e. The van der Waals surface area contributed by atoms with E-state index in [0.717, 1.165) is 31.0 Å². The van der Waals surface area contributed by atoms with Crippen LogP contribution in [-0.2, 0) is 23.9 Å². The molecule has 1 aromatic carbocycles. The number of hydrogen-bond acceptors (Lipinski definition) is 8. The summed E-state index contributed by atoms with van der Waals surface area (Å²) < 4.78 is 61.4. The predicted octanol–water partition coefficient (Wildman–Crippen LogP) is 4.89. The van der Waals surface area contributed by atoms with Gasteiger partial charge in [0.05, 0.1) is 42.9 Å². The molecule has 1 aromatic heterocycles. The molecule has 1 amide bonds. The molecule has 5 rings (SSSR count). The number of benzene rings is 1. The highest BCUT2D eigenvalue weighted by Gasteiger charge is 2.44. The molecule has 9 nitrogen and oxygen atoms in total. The molecule has 0 bridgehead atoms. The van der Waals surface area contributed by atoms with Crippen molar-refractivity contribution in [3.05, 3.63) is 53.0 Å². The van der Waals surface area contributed by atoms with Crippen LogP contribution in [0.25, 0.3) is 0 Å². The van der Waals surface area contributed by atoms with Crippen LogP contribution in [0.1, 0.15) is 48.6 Å². The number of nitrogens with zero attached hydrogens (tertiary/aromatic N) is 7. The van der Waals surface area contributed by atoms with E-state index >= 15 is 0 Å². The summed E-state index contributed by atoms with van der Waals surface area (Å²) >= 11 is 0. The maximum absolute atomic E-state index is 13.8. The minimum atomic E-state index is -4.48. The molecule has 3 aliphatic rings. The van der Waals surface area contributed by atoms with Gasteiger partial charge in [-0.1, -0.05) is 12.6 Å². The SMILES string of the molecule is C=C(F)C(=O)N1CCN(c2nc(OCC3(CN(C)C)CC3)nc3c2C[C@@H](C)N(c2cccc(C(F)(F)F)c2C)C3)CC1CC#N. The number of carbonyl (C=O) groups is 1. The Labute approximate surface area is 261 Å². The van der Waals surface area contributed by atoms with Gasteiger partial charge in [-0.25, -0.2) is 4.39 Å². The molecule has 13 heteroatoms. The third kappa shape index (κ3) is 6.85. The van der Waals surface area contributed by atoms with E-state index in [4.69, 9.17) is 14.7 Å². The van der Waals surface area contributed by atoms with E-state index in [1.807, 2.05) is 30.8 Å². The van der Waals surface area contributed by atoms with E-state index in [-0.39, 0.29) is 49.1 Å². The molecule has 2 atom stereocenters. The number of halogens is 4. The number of rotatable bonds is 9. The first kappa shape index (κ1) is 32.5. The van der Waals surface area contributed by atoms with Gasteiger partial charge < -0.3 is 24.3 Å². The average Bonchev–Trinajstić information content (AvgIpc) is 3.73. The number of carbonyl (C=O) groups excluding carboxylic acids is 1. The number of amides is 1. The molecular weight excluding hydrogens is 590 g/mol. The number of piperazine rings is 1. The van der Waals surface area contributed by atoms with E-state index in [2.05, 4.69) is 17.5 Å². The molecule has 1 aliphatic carbocycles. The number of hydrogen-bond donors (Lipinski definition) is 0. The lowest BCUT2D eigenvalue weighted by Gasteiger charge is -2.43. The third-order valence-corrected chi connectivity index (χ3v) is 9.04. The summed E-state index contributed by atoms with van der Waals surface area (Å²) in [4.78, 5) is 29.5. The van der Waals surface area contributed by atoms with E-state index in [9.17, 15) is 27.6 Å². The fraction of sp³-hybridized carbons (Fsp3) is 0.562. The second-order valence-corrected chi connectivity index (χ2v) is 12.8. The number of aromatic nitrogens is 2. The Morgan fingerprint density at radius 1 is 1.24 bits per heavy atom. The standard InChI is InChI=1S/C32H39F4N7O2/c1-20-15-24-26(17-43(20)27-8-6-7-25(21(27)2)32(34,35)36)38-30(45-19-31(10-11-31)18-40(4)5)39-28(24)41-13-14-42(29(44)22(3)33)23(16-41)9-12-37/h6-8,20,23H,3,9-11,13-19H2,1-2,4-5H3/t20-,23?/m1/s1. The number of alkyl halides is 3. The van der Waals surface area contributed by atoms with E-state index in [1.165, 1.54) is 17.9 Å². The fourth-order valence-corrected chi connectivity index (χ4v) is 6.61. The predicted molar refractivity (Wildman–Crippen MR) is 161 cm³/mol. The monoisotopic (exact) mass is 629 g/mol. The Balaban J connectivity index is 1.51. The molecule has 2 aliphatic heterocycles. The van der Waals surface area contributed by atoms with Crippen molar-refractivity contribution in [3.8, 4) is 12.1 Å². The van der Waals surface area contributed by atoms with Gasteiger partial charge in [0.25, 0.3) is 5.91 Å². The van der Waals surface area contributed by atoms with Crippen LogP contribution in [0.5, 0.6) is 6.01 Å². The maximum Gasteiger partial charge on any atom is 0.416 e. The molecule has 2 fully saturated rings. The van der Waals surface area contributed by atoms with Gasteiger partial charge in [0.1, 0.15) is 5.82 Å². The van der Waals surface area contributed by atoms with Crippen LogP contribution in [0, 0.1) is 23.7 Å². The summed E-state index contributed by atoms with van der Waals surface area (Å²) in [7, 11) is 4.03. The highest BCUT2D eigenvalue weighted by molar-refractivity contribution is 5.91. The summed E-state index contributed by atoms with van der Waals surface area (Å²) in [6.07, 6.45) is -1.98. The largest absolute Gasteiger partial charge is 0.463 e. The second-order valence-electron chi connectivity index (χ2n) is 12.8. The Morgan fingerprint density at radius 2 is 1.98 bits per heavy atom. The lowest BCUT2D eigenvalue weighted by atomic mass is 9.95. The van der Waals surface area contributed by atoms with Gasteiger partial charge in [-0.15, -0.1) is 0 Å². The number of ether oxygens (including phenoxy) is 1. The second kappa shape index (κ2) is 12.5. The Kier molecular flexibility index (Phi) is 8.99. The summed E-state index contributed by atoms with van der Waals surface area (Å²) in [5, 5.41) is 9.48. The van der Waals surface area contributed by atoms with Crippen molar-refractivity contribution in [1.29, 1.82) is 5.26 Å². The molecular formula is C32H39F4N7O2. The normalized spacial score (nSPS) is 20.9. The van der Waals surface area contributed by atoms with Gasteiger partial charge in [-0.3, -0.25) is 4.79 Å². The van der Waals surface area contributed by atoms with Gasteiger partial charge in [0.15, 0.2) is 5.83 Å². The fourth-order valence-electron chi connectivity index (χ4n) is 6.61. The summed E-state index contributed by atoms with van der Waals surface area (Å²) in [5.74, 6) is -1.30. The van der Waals surface area contributed by atoms with Crippen LogP contribution in [0.2, 0.25) is 0 Å². The Bertz CT molecular complexity index is 1500. The number of fused-ring (bicyclic) bond motifs is 1. The summed E-state index contributed by atoms with van der Waals surface area (Å²) in [5.41, 5.74) is 1.47. The first-order valence-corrected chi connectivity index (χ1v) is 15.1. The molecule has 1 unspecified atom stereocenters. The van der Waals surface area contributed by atoms with Crippen LogP contribution >= 0.6 is 0 Å². The van der Waals surface area contributed by atoms with Crippen LogP contribution in [0.3, 0.4) is 0 Å². The third-order valence-electron chi connectivity index (χ3n) is 9.04. The summed E-state index contributed by atoms with van der Waals surface area (Å²) in [6, 6.07) is 5.72. The van der Waals surface area contributed by atoms with Gasteiger partial charge in [-0.2, -0.15) is 28.4 Å². The quantitative estimate of drug-likeness (QED) is 0.286. The minimum absolute atomic E-state index is 0.00178. The van der Waals surface area contributed by atoms with Gasteiger partial charge in [-0.05, 0) is 64.9 Å². The van der Waals surface area contributed by atoms with Crippen molar-refractivity contribution >= 4 is 17.4 Å². The zero-order chi connectivity index (χ0) is 32.7. The van der Waals surface area contributed by atoms with Gasteiger partial charge in [0.2, 0.25) is 0 Å².